The van der Waals surface area contributed by atoms with Crippen LogP contribution in [0.15, 0.2) is 30.0 Å². The maximum atomic E-state index is 13.6. The molecular weight excluding hydrogens is 468 g/mol. The molecule has 1 aromatic heterocycles. The molecule has 8 nitrogen and oxygen atoms in total. The van der Waals surface area contributed by atoms with E-state index in [0.717, 1.165) is 17.8 Å². The molecule has 2 fully saturated rings. The number of rotatable bonds is 3. The van der Waals surface area contributed by atoms with Gasteiger partial charge in [-0.3, -0.25) is 9.59 Å². The molecule has 0 saturated heterocycles. The number of amides is 1. The monoisotopic (exact) mass is 502 g/mol. The molecule has 0 spiro atoms. The fourth-order valence-electron chi connectivity index (χ4n) is 6.06. The molecule has 0 aromatic carbocycles. The zero-order valence-corrected chi connectivity index (χ0v) is 21.6. The maximum absolute atomic E-state index is 13.6. The summed E-state index contributed by atoms with van der Waals surface area (Å²) in [6.45, 7) is 13.4. The fraction of sp³-hybridized carbons (Fsp3) is 0.615. The summed E-state index contributed by atoms with van der Waals surface area (Å²) in [5.74, 6) is -2.32. The van der Waals surface area contributed by atoms with E-state index in [0.29, 0.717) is 23.5 Å². The number of aromatic nitrogens is 1. The van der Waals surface area contributed by atoms with Crippen LogP contribution in [0.4, 0.5) is 5.13 Å². The normalized spacial score (nSPS) is 37.9. The van der Waals surface area contributed by atoms with Crippen LogP contribution in [-0.4, -0.2) is 50.7 Å². The second-order valence-corrected chi connectivity index (χ2v) is 12.0. The largest absolute Gasteiger partial charge is 0.453 e. The van der Waals surface area contributed by atoms with Crippen molar-refractivity contribution in [1.29, 1.82) is 0 Å². The van der Waals surface area contributed by atoms with Crippen LogP contribution in [0.2, 0.25) is 0 Å². The number of aliphatic hydroxyl groups excluding tert-OH is 1. The Bertz CT molecular complexity index is 1110. The van der Waals surface area contributed by atoms with E-state index < -0.39 is 35.5 Å². The maximum Gasteiger partial charge on any atom is 0.350 e. The summed E-state index contributed by atoms with van der Waals surface area (Å²) in [4.78, 5) is 42.2. The van der Waals surface area contributed by atoms with Crippen molar-refractivity contribution in [3.8, 4) is 0 Å². The van der Waals surface area contributed by atoms with Crippen molar-refractivity contribution in [3.05, 3.63) is 34.9 Å². The number of carbonyl (C=O) groups is 3. The Morgan fingerprint density at radius 2 is 2.03 bits per heavy atom. The van der Waals surface area contributed by atoms with Crippen LogP contribution in [0.1, 0.15) is 63.6 Å². The first-order chi connectivity index (χ1) is 16.3. The number of allylic oxidation sites excluding steroid dienone is 1. The van der Waals surface area contributed by atoms with E-state index in [1.165, 1.54) is 13.1 Å². The van der Waals surface area contributed by atoms with E-state index in [9.17, 15) is 24.6 Å². The number of Topliss-reactive ketones (excluding diaryl/α,β-unsaturated/α-hetero) is 1. The van der Waals surface area contributed by atoms with E-state index in [4.69, 9.17) is 4.74 Å². The summed E-state index contributed by atoms with van der Waals surface area (Å²) in [5.41, 5.74) is -0.823. The molecular formula is C26H34N2O6S. The van der Waals surface area contributed by atoms with E-state index in [1.807, 2.05) is 6.08 Å². The third-order valence-corrected chi connectivity index (χ3v) is 9.08. The highest BCUT2D eigenvalue weighted by Crippen LogP contribution is 2.62. The highest BCUT2D eigenvalue weighted by Gasteiger charge is 2.61. The number of fused-ring (bicyclic) bond motifs is 2. The predicted molar refractivity (Wildman–Crippen MR) is 132 cm³/mol. The van der Waals surface area contributed by atoms with Gasteiger partial charge in [-0.1, -0.05) is 44.8 Å². The number of hydrogen-bond acceptors (Lipinski definition) is 8. The average molecular weight is 503 g/mol. The SMILES string of the molecule is C=C1CC[C@H]2[C@@H](/C=C(\C)C(=O)[C@@]3(O)C[C@H](C)[C@H](O)[C@@H]3[C@H]1OC(=O)c1cnc(NC(C)=O)s1)C2(C)C. The molecule has 3 aliphatic rings. The lowest BCUT2D eigenvalue weighted by Gasteiger charge is -2.36. The Labute approximate surface area is 209 Å². The molecule has 0 aliphatic heterocycles. The van der Waals surface area contributed by atoms with Crippen molar-refractivity contribution in [2.45, 2.75) is 71.7 Å². The Balaban J connectivity index is 1.70. The Kier molecular flexibility index (Phi) is 6.57. The number of esters is 1. The van der Waals surface area contributed by atoms with Gasteiger partial charge in [0.1, 0.15) is 16.6 Å². The molecule has 7 atom stereocenters. The minimum atomic E-state index is -1.89. The standard InChI is InChI=1S/C26H34N2O6S/c1-12-7-8-16-17(25(16,5)6)9-13(2)22(31)26(33)10-14(3)20(30)19(26)21(12)34-23(32)18-11-27-24(35-18)28-15(4)29/h9,11,14,16-17,19-21,30,33H,1,7-8,10H2,2-6H3,(H,27,28,29)/b13-9+/t14-,16-,17+,19+,20-,21-,26+/m0/s1. The van der Waals surface area contributed by atoms with Crippen LogP contribution in [0.25, 0.3) is 0 Å². The molecule has 0 radical (unpaired) electrons. The molecule has 1 amide bonds. The zero-order chi connectivity index (χ0) is 25.9. The number of ether oxygens (including phenoxy) is 1. The van der Waals surface area contributed by atoms with Crippen LogP contribution in [0.5, 0.6) is 0 Å². The van der Waals surface area contributed by atoms with Crippen LogP contribution >= 0.6 is 11.3 Å². The van der Waals surface area contributed by atoms with Crippen molar-refractivity contribution in [3.63, 3.8) is 0 Å². The third-order valence-electron chi connectivity index (χ3n) is 8.18. The summed E-state index contributed by atoms with van der Waals surface area (Å²) >= 11 is 0.964. The van der Waals surface area contributed by atoms with Gasteiger partial charge in [0.25, 0.3) is 0 Å². The number of carbonyl (C=O) groups excluding carboxylic acids is 3. The van der Waals surface area contributed by atoms with Crippen LogP contribution in [0.3, 0.4) is 0 Å². The highest BCUT2D eigenvalue weighted by atomic mass is 32.1. The summed E-state index contributed by atoms with van der Waals surface area (Å²) in [6.07, 6.45) is 2.55. The number of hydrogen-bond donors (Lipinski definition) is 3. The van der Waals surface area contributed by atoms with E-state index in [2.05, 4.69) is 30.7 Å². The van der Waals surface area contributed by atoms with Gasteiger partial charge in [-0.05, 0) is 60.5 Å². The molecule has 9 heteroatoms. The van der Waals surface area contributed by atoms with E-state index in [-0.39, 0.29) is 39.6 Å². The van der Waals surface area contributed by atoms with Crippen LogP contribution < -0.4 is 5.32 Å². The molecule has 1 aromatic rings. The number of thiazole rings is 1. The smallest absolute Gasteiger partial charge is 0.350 e. The second kappa shape index (κ2) is 8.94. The molecule has 2 saturated carbocycles. The Hall–Kier alpha value is -2.36. The van der Waals surface area contributed by atoms with E-state index >= 15 is 0 Å². The summed E-state index contributed by atoms with van der Waals surface area (Å²) in [5, 5.41) is 25.7. The first-order valence-corrected chi connectivity index (χ1v) is 12.8. The van der Waals surface area contributed by atoms with Gasteiger partial charge in [-0.15, -0.1) is 0 Å². The first-order valence-electron chi connectivity index (χ1n) is 12.0. The van der Waals surface area contributed by atoms with Gasteiger partial charge >= 0.3 is 5.97 Å². The van der Waals surface area contributed by atoms with Gasteiger partial charge in [0, 0.05) is 6.92 Å². The summed E-state index contributed by atoms with van der Waals surface area (Å²) in [6, 6.07) is 0. The Morgan fingerprint density at radius 1 is 1.34 bits per heavy atom. The average Bonchev–Trinajstić information content (AvgIpc) is 3.07. The Morgan fingerprint density at radius 3 is 2.69 bits per heavy atom. The minimum absolute atomic E-state index is 0.0282. The van der Waals surface area contributed by atoms with Crippen LogP contribution in [0, 0.1) is 29.1 Å². The van der Waals surface area contributed by atoms with Gasteiger partial charge in [-0.25, -0.2) is 9.78 Å². The molecule has 0 unspecified atom stereocenters. The number of ketones is 1. The fourth-order valence-corrected chi connectivity index (χ4v) is 6.80. The number of nitrogens with zero attached hydrogens (tertiary/aromatic N) is 1. The van der Waals surface area contributed by atoms with Crippen molar-refractivity contribution in [1.82, 2.24) is 4.98 Å². The summed E-state index contributed by atoms with van der Waals surface area (Å²) < 4.78 is 5.89. The van der Waals surface area contributed by atoms with E-state index in [1.54, 1.807) is 13.8 Å². The number of nitrogens with one attached hydrogen (secondary N) is 1. The lowest BCUT2D eigenvalue weighted by molar-refractivity contribution is -0.144. The van der Waals surface area contributed by atoms with Crippen molar-refractivity contribution < 1.29 is 29.3 Å². The van der Waals surface area contributed by atoms with Crippen molar-refractivity contribution >= 4 is 34.1 Å². The quantitative estimate of drug-likeness (QED) is 0.426. The topological polar surface area (TPSA) is 126 Å². The van der Waals surface area contributed by atoms with Crippen LogP contribution in [-0.2, 0) is 14.3 Å². The number of aliphatic hydroxyl groups is 2. The van der Waals surface area contributed by atoms with Gasteiger partial charge in [0.2, 0.25) is 5.91 Å². The van der Waals surface area contributed by atoms with Gasteiger partial charge in [0.15, 0.2) is 10.9 Å². The van der Waals surface area contributed by atoms with Gasteiger partial charge in [-0.2, -0.15) is 0 Å². The lowest BCUT2D eigenvalue weighted by atomic mass is 9.77. The molecule has 190 valence electrons. The molecule has 0 bridgehead atoms. The number of anilines is 1. The van der Waals surface area contributed by atoms with Crippen molar-refractivity contribution in [2.75, 3.05) is 5.32 Å². The predicted octanol–water partition coefficient (Wildman–Crippen LogP) is 3.51. The molecule has 1 heterocycles. The summed E-state index contributed by atoms with van der Waals surface area (Å²) in [7, 11) is 0. The first kappa shape index (κ1) is 25.7. The third kappa shape index (κ3) is 4.49. The zero-order valence-electron chi connectivity index (χ0n) is 20.8. The molecule has 3 aliphatic carbocycles. The highest BCUT2D eigenvalue weighted by molar-refractivity contribution is 7.17. The molecule has 3 N–H and O–H groups in total. The molecule has 4 rings (SSSR count). The van der Waals surface area contributed by atoms with Gasteiger partial charge in [0.05, 0.1) is 18.2 Å². The second-order valence-electron chi connectivity index (χ2n) is 11.0. The van der Waals surface area contributed by atoms with Gasteiger partial charge < -0.3 is 20.3 Å². The minimum Gasteiger partial charge on any atom is -0.453 e. The lowest BCUT2D eigenvalue weighted by Crippen LogP contribution is -2.52. The molecule has 35 heavy (non-hydrogen) atoms. The van der Waals surface area contributed by atoms with Crippen molar-refractivity contribution in [2.24, 2.45) is 29.1 Å².